The molecular formula is C19H24ClN3O. The number of aromatic nitrogens is 1. The largest absolute Gasteiger partial charge is 0.361 e. The van der Waals surface area contributed by atoms with Crippen molar-refractivity contribution in [3.8, 4) is 0 Å². The van der Waals surface area contributed by atoms with Crippen molar-refractivity contribution in [3.63, 3.8) is 0 Å². The molecule has 2 aliphatic heterocycles. The Bertz CT molecular complexity index is 729. The van der Waals surface area contributed by atoms with Crippen LogP contribution in [0.5, 0.6) is 0 Å². The molecule has 0 saturated carbocycles. The Kier molecular flexibility index (Phi) is 4.51. The van der Waals surface area contributed by atoms with Crippen molar-refractivity contribution in [2.24, 2.45) is 5.92 Å². The maximum atomic E-state index is 12.2. The predicted molar refractivity (Wildman–Crippen MR) is 97.3 cm³/mol. The van der Waals surface area contributed by atoms with Crippen LogP contribution in [0.1, 0.15) is 37.7 Å². The number of carbonyl (C=O) groups excluding carboxylic acids is 1. The quantitative estimate of drug-likeness (QED) is 0.778. The summed E-state index contributed by atoms with van der Waals surface area (Å²) in [4.78, 5) is 15.5. The summed E-state index contributed by atoms with van der Waals surface area (Å²) in [6, 6.07) is 7.16. The van der Waals surface area contributed by atoms with Crippen molar-refractivity contribution in [1.29, 1.82) is 0 Å². The number of halogens is 1. The molecule has 5 heteroatoms. The molecule has 2 aromatic rings. The number of carbonyl (C=O) groups is 1. The predicted octanol–water partition coefficient (Wildman–Crippen LogP) is 3.40. The molecule has 4 nitrogen and oxygen atoms in total. The standard InChI is InChI=1S/C19H24ClN3O/c20-14-1-4-18-17(10-14)13(11-22-18)5-6-21-19(24)9-12-7-15-2-3-16(8-12)23-15/h1,4,10-12,15-16,22-23H,2-3,5-9H2,(H,21,24). The third-order valence-electron chi connectivity index (χ3n) is 5.49. The second-order valence-corrected chi connectivity index (χ2v) is 7.72. The summed E-state index contributed by atoms with van der Waals surface area (Å²) in [5.41, 5.74) is 2.29. The van der Waals surface area contributed by atoms with E-state index in [1.807, 2.05) is 24.4 Å². The highest BCUT2D eigenvalue weighted by Gasteiger charge is 2.34. The fourth-order valence-electron chi connectivity index (χ4n) is 4.37. The van der Waals surface area contributed by atoms with Crippen LogP contribution in [0.25, 0.3) is 10.9 Å². The SMILES string of the molecule is O=C(CC1CC2CCC(C1)N2)NCCc1c[nH]c2ccc(Cl)cc12. The van der Waals surface area contributed by atoms with Crippen LogP contribution in [0.3, 0.4) is 0 Å². The number of nitrogens with one attached hydrogen (secondary N) is 3. The molecule has 2 bridgehead atoms. The van der Waals surface area contributed by atoms with Gasteiger partial charge in [-0.3, -0.25) is 4.79 Å². The van der Waals surface area contributed by atoms with Crippen molar-refractivity contribution >= 4 is 28.4 Å². The van der Waals surface area contributed by atoms with Gasteiger partial charge in [0.2, 0.25) is 5.91 Å². The van der Waals surface area contributed by atoms with Gasteiger partial charge in [0.1, 0.15) is 0 Å². The number of H-pyrrole nitrogens is 1. The highest BCUT2D eigenvalue weighted by atomic mass is 35.5. The molecule has 3 heterocycles. The molecule has 0 spiro atoms. The minimum atomic E-state index is 0.194. The van der Waals surface area contributed by atoms with E-state index in [-0.39, 0.29) is 5.91 Å². The van der Waals surface area contributed by atoms with Crippen LogP contribution in [0, 0.1) is 5.92 Å². The van der Waals surface area contributed by atoms with Gasteiger partial charge in [0.05, 0.1) is 0 Å². The van der Waals surface area contributed by atoms with E-state index < -0.39 is 0 Å². The maximum Gasteiger partial charge on any atom is 0.220 e. The van der Waals surface area contributed by atoms with E-state index in [0.29, 0.717) is 31.0 Å². The molecule has 2 fully saturated rings. The van der Waals surface area contributed by atoms with Gasteiger partial charge in [-0.15, -0.1) is 0 Å². The first-order chi connectivity index (χ1) is 11.7. The molecule has 0 radical (unpaired) electrons. The number of rotatable bonds is 5. The van der Waals surface area contributed by atoms with Crippen LogP contribution in [0.4, 0.5) is 0 Å². The number of hydrogen-bond acceptors (Lipinski definition) is 2. The Labute approximate surface area is 147 Å². The molecular weight excluding hydrogens is 322 g/mol. The fourth-order valence-corrected chi connectivity index (χ4v) is 4.54. The summed E-state index contributed by atoms with van der Waals surface area (Å²) in [6.07, 6.45) is 8.39. The molecule has 1 aromatic carbocycles. The van der Waals surface area contributed by atoms with E-state index in [9.17, 15) is 4.79 Å². The van der Waals surface area contributed by atoms with Gasteiger partial charge < -0.3 is 15.6 Å². The third-order valence-corrected chi connectivity index (χ3v) is 5.73. The summed E-state index contributed by atoms with van der Waals surface area (Å²) < 4.78 is 0. The zero-order valence-corrected chi connectivity index (χ0v) is 14.5. The number of aromatic amines is 1. The van der Waals surface area contributed by atoms with Gasteiger partial charge in [0.15, 0.2) is 0 Å². The van der Waals surface area contributed by atoms with Crippen molar-refractivity contribution in [3.05, 3.63) is 35.0 Å². The molecule has 1 aromatic heterocycles. The number of fused-ring (bicyclic) bond motifs is 3. The van der Waals surface area contributed by atoms with Crippen LogP contribution in [-0.4, -0.2) is 29.5 Å². The van der Waals surface area contributed by atoms with E-state index in [0.717, 1.165) is 35.2 Å². The second-order valence-electron chi connectivity index (χ2n) is 7.28. The smallest absolute Gasteiger partial charge is 0.220 e. The van der Waals surface area contributed by atoms with Crippen molar-refractivity contribution in [2.45, 2.75) is 50.6 Å². The van der Waals surface area contributed by atoms with Crippen LogP contribution < -0.4 is 10.6 Å². The zero-order chi connectivity index (χ0) is 16.5. The highest BCUT2D eigenvalue weighted by Crippen LogP contribution is 2.32. The maximum absolute atomic E-state index is 12.2. The second kappa shape index (κ2) is 6.77. The lowest BCUT2D eigenvalue weighted by molar-refractivity contribution is -0.122. The molecule has 1 amide bonds. The highest BCUT2D eigenvalue weighted by molar-refractivity contribution is 6.31. The number of piperidine rings is 1. The topological polar surface area (TPSA) is 56.9 Å². The third kappa shape index (κ3) is 3.45. The lowest BCUT2D eigenvalue weighted by Crippen LogP contribution is -2.39. The normalized spacial score (nSPS) is 26.0. The van der Waals surface area contributed by atoms with Gasteiger partial charge in [0, 0.05) is 47.2 Å². The average molecular weight is 346 g/mol. The first kappa shape index (κ1) is 16.0. The van der Waals surface area contributed by atoms with E-state index >= 15 is 0 Å². The Balaban J connectivity index is 1.27. The molecule has 2 atom stereocenters. The van der Waals surface area contributed by atoms with Crippen LogP contribution >= 0.6 is 11.6 Å². The monoisotopic (exact) mass is 345 g/mol. The van der Waals surface area contributed by atoms with E-state index in [2.05, 4.69) is 15.6 Å². The molecule has 3 N–H and O–H groups in total. The Morgan fingerprint density at radius 3 is 2.83 bits per heavy atom. The van der Waals surface area contributed by atoms with E-state index in [1.54, 1.807) is 0 Å². The molecule has 2 unspecified atom stereocenters. The minimum Gasteiger partial charge on any atom is -0.361 e. The van der Waals surface area contributed by atoms with E-state index in [4.69, 9.17) is 11.6 Å². The van der Waals surface area contributed by atoms with Crippen molar-refractivity contribution in [2.75, 3.05) is 6.54 Å². The van der Waals surface area contributed by atoms with Crippen molar-refractivity contribution in [1.82, 2.24) is 15.6 Å². The van der Waals surface area contributed by atoms with Crippen LogP contribution in [0.2, 0.25) is 5.02 Å². The molecule has 4 rings (SSSR count). The number of hydrogen-bond donors (Lipinski definition) is 3. The molecule has 128 valence electrons. The summed E-state index contributed by atoms with van der Waals surface area (Å²) in [6.45, 7) is 0.677. The van der Waals surface area contributed by atoms with Gasteiger partial charge in [-0.2, -0.15) is 0 Å². The van der Waals surface area contributed by atoms with Gasteiger partial charge >= 0.3 is 0 Å². The first-order valence-electron chi connectivity index (χ1n) is 8.95. The Morgan fingerprint density at radius 2 is 2.04 bits per heavy atom. The number of amides is 1. The van der Waals surface area contributed by atoms with E-state index in [1.165, 1.54) is 18.4 Å². The van der Waals surface area contributed by atoms with Gasteiger partial charge in [-0.05, 0) is 61.8 Å². The Hall–Kier alpha value is -1.52. The Morgan fingerprint density at radius 1 is 1.25 bits per heavy atom. The lowest BCUT2D eigenvalue weighted by Gasteiger charge is -2.28. The fraction of sp³-hybridized carbons (Fsp3) is 0.526. The summed E-state index contributed by atoms with van der Waals surface area (Å²) in [5.74, 6) is 0.745. The molecule has 24 heavy (non-hydrogen) atoms. The van der Waals surface area contributed by atoms with Gasteiger partial charge in [-0.25, -0.2) is 0 Å². The molecule has 0 aliphatic carbocycles. The summed E-state index contributed by atoms with van der Waals surface area (Å²) in [5, 5.41) is 8.61. The lowest BCUT2D eigenvalue weighted by atomic mass is 9.89. The minimum absolute atomic E-state index is 0.194. The van der Waals surface area contributed by atoms with Gasteiger partial charge in [-0.1, -0.05) is 11.6 Å². The first-order valence-corrected chi connectivity index (χ1v) is 9.33. The van der Waals surface area contributed by atoms with Crippen LogP contribution in [0.15, 0.2) is 24.4 Å². The summed E-state index contributed by atoms with van der Waals surface area (Å²) in [7, 11) is 0. The summed E-state index contributed by atoms with van der Waals surface area (Å²) >= 11 is 6.08. The number of benzene rings is 1. The molecule has 2 saturated heterocycles. The average Bonchev–Trinajstić information content (AvgIpc) is 3.10. The zero-order valence-electron chi connectivity index (χ0n) is 13.8. The van der Waals surface area contributed by atoms with Gasteiger partial charge in [0.25, 0.3) is 0 Å². The van der Waals surface area contributed by atoms with Crippen molar-refractivity contribution < 1.29 is 4.79 Å². The van der Waals surface area contributed by atoms with Crippen LogP contribution in [-0.2, 0) is 11.2 Å². The molecule has 2 aliphatic rings.